The zero-order valence-corrected chi connectivity index (χ0v) is 14.4. The molecule has 1 N–H and O–H groups in total. The van der Waals surface area contributed by atoms with E-state index in [1.54, 1.807) is 0 Å². The molecule has 0 saturated carbocycles. The van der Waals surface area contributed by atoms with Gasteiger partial charge in [-0.2, -0.15) is 0 Å². The van der Waals surface area contributed by atoms with Crippen LogP contribution in [0.2, 0.25) is 0 Å². The highest BCUT2D eigenvalue weighted by atomic mass is 79.9. The molecule has 2 heteroatoms. The molecule has 114 valence electrons. The van der Waals surface area contributed by atoms with Crippen molar-refractivity contribution in [2.45, 2.75) is 77.2 Å². The van der Waals surface area contributed by atoms with Crippen LogP contribution in [-0.4, -0.2) is 5.11 Å². The monoisotopic (exact) mass is 340 g/mol. The summed E-state index contributed by atoms with van der Waals surface area (Å²) in [5, 5.41) is 10.1. The van der Waals surface area contributed by atoms with Crippen LogP contribution in [0.4, 0.5) is 0 Å². The second-order valence-electron chi connectivity index (χ2n) is 5.69. The summed E-state index contributed by atoms with van der Waals surface area (Å²) in [5.41, 5.74) is 1.03. The summed E-state index contributed by atoms with van der Waals surface area (Å²) in [6.45, 7) is 2.26. The first-order valence-corrected chi connectivity index (χ1v) is 8.97. The van der Waals surface area contributed by atoms with Crippen molar-refractivity contribution in [3.63, 3.8) is 0 Å². The molecule has 0 heterocycles. The molecule has 0 amide bonds. The molecular weight excluding hydrogens is 312 g/mol. The van der Waals surface area contributed by atoms with Crippen molar-refractivity contribution in [2.24, 2.45) is 0 Å². The summed E-state index contributed by atoms with van der Waals surface area (Å²) < 4.78 is 1.04. The summed E-state index contributed by atoms with van der Waals surface area (Å²) in [6.07, 6.45) is 12.5. The van der Waals surface area contributed by atoms with Crippen molar-refractivity contribution in [2.75, 3.05) is 0 Å². The molecule has 1 unspecified atom stereocenters. The third-order valence-electron chi connectivity index (χ3n) is 3.81. The Kier molecular flexibility index (Phi) is 10.0. The minimum Gasteiger partial charge on any atom is -0.388 e. The van der Waals surface area contributed by atoms with E-state index in [2.05, 4.69) is 22.9 Å². The third kappa shape index (κ3) is 8.06. The molecule has 1 nitrogen and oxygen atoms in total. The van der Waals surface area contributed by atoms with Crippen LogP contribution in [0.25, 0.3) is 0 Å². The summed E-state index contributed by atoms with van der Waals surface area (Å²) in [5.74, 6) is 0. The van der Waals surface area contributed by atoms with Crippen LogP contribution in [0.1, 0.15) is 82.8 Å². The molecule has 0 aliphatic heterocycles. The molecule has 1 rings (SSSR count). The van der Waals surface area contributed by atoms with Crippen molar-refractivity contribution in [3.8, 4) is 0 Å². The van der Waals surface area contributed by atoms with Gasteiger partial charge in [-0.05, 0) is 24.1 Å². The number of halogens is 1. The fourth-order valence-electron chi connectivity index (χ4n) is 2.53. The normalized spacial score (nSPS) is 12.6. The minimum absolute atomic E-state index is 0.308. The predicted octanol–water partition coefficient (Wildman–Crippen LogP) is 6.40. The van der Waals surface area contributed by atoms with Crippen LogP contribution < -0.4 is 0 Å². The van der Waals surface area contributed by atoms with Gasteiger partial charge < -0.3 is 5.11 Å². The Morgan fingerprint density at radius 1 is 0.950 bits per heavy atom. The second kappa shape index (κ2) is 11.3. The third-order valence-corrected chi connectivity index (χ3v) is 4.31. The smallest absolute Gasteiger partial charge is 0.0790 e. The molecule has 0 saturated heterocycles. The lowest BCUT2D eigenvalue weighted by Gasteiger charge is -2.11. The van der Waals surface area contributed by atoms with Gasteiger partial charge in [0.1, 0.15) is 0 Å². The average molecular weight is 341 g/mol. The molecule has 0 radical (unpaired) electrons. The fraction of sp³-hybridized carbons (Fsp3) is 0.667. The maximum Gasteiger partial charge on any atom is 0.0790 e. The number of unbranched alkanes of at least 4 members (excludes halogenated alkanes) is 8. The Bertz CT molecular complexity index is 351. The van der Waals surface area contributed by atoms with Crippen LogP contribution in [0.15, 0.2) is 28.7 Å². The second-order valence-corrected chi connectivity index (χ2v) is 6.60. The zero-order valence-electron chi connectivity index (χ0n) is 12.8. The Balaban J connectivity index is 2.01. The number of aliphatic hydroxyl groups excluding tert-OH is 1. The van der Waals surface area contributed by atoms with E-state index in [1.165, 1.54) is 51.4 Å². The minimum atomic E-state index is -0.308. The quantitative estimate of drug-likeness (QED) is 0.462. The van der Waals surface area contributed by atoms with Crippen LogP contribution in [-0.2, 0) is 0 Å². The van der Waals surface area contributed by atoms with Gasteiger partial charge in [-0.25, -0.2) is 0 Å². The Morgan fingerprint density at radius 2 is 1.55 bits per heavy atom. The van der Waals surface area contributed by atoms with Crippen molar-refractivity contribution in [3.05, 3.63) is 34.3 Å². The number of benzene rings is 1. The lowest BCUT2D eigenvalue weighted by atomic mass is 10.0. The molecule has 1 atom stereocenters. The Morgan fingerprint density at radius 3 is 2.15 bits per heavy atom. The van der Waals surface area contributed by atoms with Gasteiger partial charge in [0.15, 0.2) is 0 Å². The molecule has 0 aliphatic rings. The van der Waals surface area contributed by atoms with E-state index in [1.807, 2.05) is 24.3 Å². The Labute approximate surface area is 132 Å². The molecule has 20 heavy (non-hydrogen) atoms. The molecule has 0 aromatic heterocycles. The van der Waals surface area contributed by atoms with E-state index < -0.39 is 0 Å². The van der Waals surface area contributed by atoms with Crippen molar-refractivity contribution in [1.29, 1.82) is 0 Å². The molecule has 1 aromatic carbocycles. The number of hydrogen-bond donors (Lipinski definition) is 1. The van der Waals surface area contributed by atoms with E-state index in [0.29, 0.717) is 0 Å². The van der Waals surface area contributed by atoms with Gasteiger partial charge in [-0.3, -0.25) is 0 Å². The lowest BCUT2D eigenvalue weighted by molar-refractivity contribution is 0.163. The lowest BCUT2D eigenvalue weighted by Crippen LogP contribution is -1.97. The topological polar surface area (TPSA) is 20.2 Å². The van der Waals surface area contributed by atoms with Gasteiger partial charge in [0.2, 0.25) is 0 Å². The van der Waals surface area contributed by atoms with Gasteiger partial charge >= 0.3 is 0 Å². The largest absolute Gasteiger partial charge is 0.388 e. The van der Waals surface area contributed by atoms with Crippen molar-refractivity contribution >= 4 is 15.9 Å². The maximum absolute atomic E-state index is 10.1. The van der Waals surface area contributed by atoms with Crippen LogP contribution in [0.5, 0.6) is 0 Å². The highest BCUT2D eigenvalue weighted by Gasteiger charge is 2.07. The van der Waals surface area contributed by atoms with E-state index in [4.69, 9.17) is 0 Å². The predicted molar refractivity (Wildman–Crippen MR) is 90.9 cm³/mol. The summed E-state index contributed by atoms with van der Waals surface area (Å²) in [6, 6.07) is 8.00. The van der Waals surface area contributed by atoms with Crippen LogP contribution in [0.3, 0.4) is 0 Å². The SMILES string of the molecule is CCCCCCCCCCCC(O)c1cccc(Br)c1. The molecule has 1 aromatic rings. The van der Waals surface area contributed by atoms with Gasteiger partial charge in [-0.15, -0.1) is 0 Å². The van der Waals surface area contributed by atoms with E-state index in [-0.39, 0.29) is 6.10 Å². The maximum atomic E-state index is 10.1. The molecule has 0 bridgehead atoms. The number of rotatable bonds is 11. The van der Waals surface area contributed by atoms with Crippen molar-refractivity contribution in [1.82, 2.24) is 0 Å². The van der Waals surface area contributed by atoms with E-state index in [0.717, 1.165) is 22.9 Å². The van der Waals surface area contributed by atoms with E-state index in [9.17, 15) is 5.11 Å². The van der Waals surface area contributed by atoms with Crippen LogP contribution in [0, 0.1) is 0 Å². The summed E-state index contributed by atoms with van der Waals surface area (Å²) in [7, 11) is 0. The van der Waals surface area contributed by atoms with Gasteiger partial charge in [-0.1, -0.05) is 92.8 Å². The summed E-state index contributed by atoms with van der Waals surface area (Å²) >= 11 is 3.45. The first-order valence-electron chi connectivity index (χ1n) is 8.17. The highest BCUT2D eigenvalue weighted by molar-refractivity contribution is 9.10. The number of hydrogen-bond acceptors (Lipinski definition) is 1. The first-order chi connectivity index (χ1) is 9.74. The molecule has 0 spiro atoms. The van der Waals surface area contributed by atoms with Gasteiger partial charge in [0.25, 0.3) is 0 Å². The van der Waals surface area contributed by atoms with Gasteiger partial charge in [0.05, 0.1) is 6.10 Å². The molecule has 0 fully saturated rings. The first kappa shape index (κ1) is 17.7. The zero-order chi connectivity index (χ0) is 14.6. The average Bonchev–Trinajstić information content (AvgIpc) is 2.45. The highest BCUT2D eigenvalue weighted by Crippen LogP contribution is 2.23. The summed E-state index contributed by atoms with van der Waals surface area (Å²) in [4.78, 5) is 0. The van der Waals surface area contributed by atoms with Crippen LogP contribution >= 0.6 is 15.9 Å². The standard InChI is InChI=1S/C18H29BrO/c1-2-3-4-5-6-7-8-9-10-14-18(20)16-12-11-13-17(19)15-16/h11-13,15,18,20H,2-10,14H2,1H3. The van der Waals surface area contributed by atoms with Crippen molar-refractivity contribution < 1.29 is 5.11 Å². The molecule has 0 aliphatic carbocycles. The Hall–Kier alpha value is -0.340. The fourth-order valence-corrected chi connectivity index (χ4v) is 2.95. The van der Waals surface area contributed by atoms with E-state index >= 15 is 0 Å². The van der Waals surface area contributed by atoms with Gasteiger partial charge in [0, 0.05) is 4.47 Å². The number of aliphatic hydroxyl groups is 1. The molecular formula is C18H29BrO.